The largest absolute Gasteiger partial charge is 0.377 e. The summed E-state index contributed by atoms with van der Waals surface area (Å²) < 4.78 is 18.5. The maximum atomic E-state index is 13.0. The first-order valence-corrected chi connectivity index (χ1v) is 6.18. The van der Waals surface area contributed by atoms with Crippen LogP contribution in [0.2, 0.25) is 0 Å². The number of hydrogen-bond acceptors (Lipinski definition) is 3. The SMILES string of the molecule is CC1OCCC1N(C)CC(=O)c1cccc(F)c1. The Bertz CT molecular complexity index is 436. The molecule has 1 aromatic rings. The summed E-state index contributed by atoms with van der Waals surface area (Å²) in [6, 6.07) is 6.10. The highest BCUT2D eigenvalue weighted by molar-refractivity contribution is 5.97. The Morgan fingerprint density at radius 1 is 1.56 bits per heavy atom. The smallest absolute Gasteiger partial charge is 0.176 e. The van der Waals surface area contributed by atoms with Gasteiger partial charge in [0.25, 0.3) is 0 Å². The van der Waals surface area contributed by atoms with Crippen LogP contribution in [-0.4, -0.2) is 43.0 Å². The van der Waals surface area contributed by atoms with E-state index in [2.05, 4.69) is 0 Å². The van der Waals surface area contributed by atoms with E-state index < -0.39 is 0 Å². The molecule has 0 radical (unpaired) electrons. The first-order chi connectivity index (χ1) is 8.58. The van der Waals surface area contributed by atoms with Gasteiger partial charge in [0.15, 0.2) is 5.78 Å². The van der Waals surface area contributed by atoms with E-state index in [0.29, 0.717) is 12.1 Å². The Labute approximate surface area is 107 Å². The zero-order valence-electron chi connectivity index (χ0n) is 10.7. The van der Waals surface area contributed by atoms with Crippen LogP contribution in [0.4, 0.5) is 4.39 Å². The molecule has 1 heterocycles. The highest BCUT2D eigenvalue weighted by atomic mass is 19.1. The molecule has 2 atom stereocenters. The second kappa shape index (κ2) is 5.59. The standard InChI is InChI=1S/C14H18FNO2/c1-10-13(6-7-18-10)16(2)9-14(17)11-4-3-5-12(15)8-11/h3-5,8,10,13H,6-7,9H2,1-2H3. The number of carbonyl (C=O) groups excluding carboxylic acids is 1. The third-order valence-electron chi connectivity index (χ3n) is 3.44. The van der Waals surface area contributed by atoms with Crippen molar-refractivity contribution in [2.45, 2.75) is 25.5 Å². The number of rotatable bonds is 4. The number of hydrogen-bond donors (Lipinski definition) is 0. The first-order valence-electron chi connectivity index (χ1n) is 6.18. The van der Waals surface area contributed by atoms with E-state index in [0.717, 1.165) is 13.0 Å². The molecule has 0 aromatic heterocycles. The zero-order valence-corrected chi connectivity index (χ0v) is 10.7. The molecule has 1 aliphatic heterocycles. The second-order valence-corrected chi connectivity index (χ2v) is 4.78. The molecule has 98 valence electrons. The van der Waals surface area contributed by atoms with Crippen LogP contribution in [0.1, 0.15) is 23.7 Å². The lowest BCUT2D eigenvalue weighted by Crippen LogP contribution is -2.39. The zero-order chi connectivity index (χ0) is 13.1. The van der Waals surface area contributed by atoms with Crippen LogP contribution in [0, 0.1) is 5.82 Å². The number of carbonyl (C=O) groups is 1. The van der Waals surface area contributed by atoms with Crippen molar-refractivity contribution >= 4 is 5.78 Å². The molecule has 0 N–H and O–H groups in total. The molecule has 0 amide bonds. The molecule has 18 heavy (non-hydrogen) atoms. The number of Topliss-reactive ketones (excluding diaryl/α,β-unsaturated/α-hetero) is 1. The molecule has 1 aromatic carbocycles. The summed E-state index contributed by atoms with van der Waals surface area (Å²) in [6.07, 6.45) is 1.09. The predicted molar refractivity (Wildman–Crippen MR) is 67.2 cm³/mol. The van der Waals surface area contributed by atoms with Crippen molar-refractivity contribution < 1.29 is 13.9 Å². The lowest BCUT2D eigenvalue weighted by atomic mass is 10.1. The van der Waals surface area contributed by atoms with Crippen LogP contribution in [0.3, 0.4) is 0 Å². The second-order valence-electron chi connectivity index (χ2n) is 4.78. The lowest BCUT2D eigenvalue weighted by Gasteiger charge is -2.25. The molecule has 4 heteroatoms. The van der Waals surface area contributed by atoms with Gasteiger partial charge >= 0.3 is 0 Å². The number of halogens is 1. The molecule has 0 saturated carbocycles. The van der Waals surface area contributed by atoms with Gasteiger partial charge in [0.2, 0.25) is 0 Å². The van der Waals surface area contributed by atoms with Gasteiger partial charge in [-0.3, -0.25) is 9.69 Å². The van der Waals surface area contributed by atoms with Crippen LogP contribution < -0.4 is 0 Å². The molecule has 1 fully saturated rings. The van der Waals surface area contributed by atoms with Crippen molar-refractivity contribution in [1.29, 1.82) is 0 Å². The summed E-state index contributed by atoms with van der Waals surface area (Å²) in [6.45, 7) is 3.05. The molecule has 0 aliphatic carbocycles. The van der Waals surface area contributed by atoms with Gasteiger partial charge in [-0.05, 0) is 32.5 Å². The quantitative estimate of drug-likeness (QED) is 0.768. The molecular weight excluding hydrogens is 233 g/mol. The number of benzene rings is 1. The normalized spacial score (nSPS) is 23.6. The van der Waals surface area contributed by atoms with Gasteiger partial charge in [0.1, 0.15) is 5.82 Å². The van der Waals surface area contributed by atoms with Gasteiger partial charge in [-0.2, -0.15) is 0 Å². The predicted octanol–water partition coefficient (Wildman–Crippen LogP) is 2.12. The molecule has 3 nitrogen and oxygen atoms in total. The van der Waals surface area contributed by atoms with Crippen molar-refractivity contribution in [2.24, 2.45) is 0 Å². The van der Waals surface area contributed by atoms with Crippen LogP contribution >= 0.6 is 0 Å². The monoisotopic (exact) mass is 251 g/mol. The molecule has 2 unspecified atom stereocenters. The fraction of sp³-hybridized carbons (Fsp3) is 0.500. The average Bonchev–Trinajstić information content (AvgIpc) is 2.75. The molecule has 0 spiro atoms. The fourth-order valence-electron chi connectivity index (χ4n) is 2.40. The minimum absolute atomic E-state index is 0.0592. The van der Waals surface area contributed by atoms with Crippen molar-refractivity contribution in [3.63, 3.8) is 0 Å². The Hall–Kier alpha value is -1.26. The molecule has 1 saturated heterocycles. The summed E-state index contributed by atoms with van der Waals surface area (Å²) >= 11 is 0. The van der Waals surface area contributed by atoms with Crippen LogP contribution in [0.5, 0.6) is 0 Å². The third-order valence-corrected chi connectivity index (χ3v) is 3.44. The highest BCUT2D eigenvalue weighted by Crippen LogP contribution is 2.18. The molecule has 0 bridgehead atoms. The number of ether oxygens (including phenoxy) is 1. The number of nitrogens with zero attached hydrogens (tertiary/aromatic N) is 1. The van der Waals surface area contributed by atoms with Crippen molar-refractivity contribution in [2.75, 3.05) is 20.2 Å². The minimum Gasteiger partial charge on any atom is -0.377 e. The van der Waals surface area contributed by atoms with Crippen molar-refractivity contribution in [3.8, 4) is 0 Å². The highest BCUT2D eigenvalue weighted by Gasteiger charge is 2.28. The van der Waals surface area contributed by atoms with E-state index in [1.165, 1.54) is 12.1 Å². The topological polar surface area (TPSA) is 29.5 Å². The summed E-state index contributed by atoms with van der Waals surface area (Å²) in [5.41, 5.74) is 0.424. The molecular formula is C14H18FNO2. The van der Waals surface area contributed by atoms with Crippen molar-refractivity contribution in [3.05, 3.63) is 35.6 Å². The lowest BCUT2D eigenvalue weighted by molar-refractivity contribution is 0.0745. The van der Waals surface area contributed by atoms with Gasteiger partial charge in [-0.15, -0.1) is 0 Å². The number of likely N-dealkylation sites (N-methyl/N-ethyl adjacent to an activating group) is 1. The molecule has 1 aliphatic rings. The molecule has 2 rings (SSSR count). The van der Waals surface area contributed by atoms with E-state index in [-0.39, 0.29) is 23.7 Å². The summed E-state index contributed by atoms with van der Waals surface area (Å²) in [7, 11) is 1.91. The maximum Gasteiger partial charge on any atom is 0.176 e. The average molecular weight is 251 g/mol. The fourth-order valence-corrected chi connectivity index (χ4v) is 2.40. The Morgan fingerprint density at radius 2 is 2.33 bits per heavy atom. The van der Waals surface area contributed by atoms with E-state index in [1.807, 2.05) is 18.9 Å². The third kappa shape index (κ3) is 2.94. The van der Waals surface area contributed by atoms with Gasteiger partial charge in [-0.1, -0.05) is 12.1 Å². The first kappa shape index (κ1) is 13.2. The van der Waals surface area contributed by atoms with Gasteiger partial charge in [0.05, 0.1) is 12.6 Å². The van der Waals surface area contributed by atoms with Crippen LogP contribution in [0.15, 0.2) is 24.3 Å². The van der Waals surface area contributed by atoms with E-state index in [4.69, 9.17) is 4.74 Å². The minimum atomic E-state index is -0.374. The van der Waals surface area contributed by atoms with Gasteiger partial charge in [0, 0.05) is 18.2 Å². The van der Waals surface area contributed by atoms with Crippen LogP contribution in [0.25, 0.3) is 0 Å². The van der Waals surface area contributed by atoms with Crippen LogP contribution in [-0.2, 0) is 4.74 Å². The summed E-state index contributed by atoms with van der Waals surface area (Å²) in [5.74, 6) is -0.433. The van der Waals surface area contributed by atoms with E-state index in [9.17, 15) is 9.18 Å². The van der Waals surface area contributed by atoms with Gasteiger partial charge < -0.3 is 4.74 Å². The Balaban J connectivity index is 1.99. The maximum absolute atomic E-state index is 13.0. The number of ketones is 1. The summed E-state index contributed by atoms with van der Waals surface area (Å²) in [4.78, 5) is 14.0. The Kier molecular flexibility index (Phi) is 4.09. The summed E-state index contributed by atoms with van der Waals surface area (Å²) in [5, 5.41) is 0. The van der Waals surface area contributed by atoms with E-state index >= 15 is 0 Å². The van der Waals surface area contributed by atoms with Gasteiger partial charge in [-0.25, -0.2) is 4.39 Å². The Morgan fingerprint density at radius 3 is 2.94 bits per heavy atom. The van der Waals surface area contributed by atoms with E-state index in [1.54, 1.807) is 12.1 Å². The van der Waals surface area contributed by atoms with Crippen molar-refractivity contribution in [1.82, 2.24) is 4.90 Å².